The summed E-state index contributed by atoms with van der Waals surface area (Å²) in [6, 6.07) is 11.9. The Kier molecular flexibility index (Phi) is 6.61. The fraction of sp³-hybridized carbons (Fsp3) is 0.286. The SMILES string of the molecule is O=C(O)NC[C@H](Cc1ccc(F)c(F)c1)C(=O)N1C(=O)OC[C@H]1Cc1ccccc1. The summed E-state index contributed by atoms with van der Waals surface area (Å²) < 4.78 is 31.8. The van der Waals surface area contributed by atoms with Gasteiger partial charge >= 0.3 is 12.2 Å². The van der Waals surface area contributed by atoms with Gasteiger partial charge in [-0.15, -0.1) is 0 Å². The third-order valence-corrected chi connectivity index (χ3v) is 4.83. The number of ether oxygens (including phenoxy) is 1. The second-order valence-corrected chi connectivity index (χ2v) is 6.96. The van der Waals surface area contributed by atoms with Crippen molar-refractivity contribution in [3.8, 4) is 0 Å². The first kappa shape index (κ1) is 21.2. The molecule has 1 heterocycles. The summed E-state index contributed by atoms with van der Waals surface area (Å²) in [6.07, 6.45) is -1.87. The zero-order valence-electron chi connectivity index (χ0n) is 15.9. The summed E-state index contributed by atoms with van der Waals surface area (Å²) in [6.45, 7) is -0.279. The zero-order chi connectivity index (χ0) is 21.7. The van der Waals surface area contributed by atoms with E-state index in [1.165, 1.54) is 6.07 Å². The van der Waals surface area contributed by atoms with Gasteiger partial charge in [0.2, 0.25) is 5.91 Å². The highest BCUT2D eigenvalue weighted by atomic mass is 19.2. The Morgan fingerprint density at radius 2 is 1.87 bits per heavy atom. The highest BCUT2D eigenvalue weighted by molar-refractivity contribution is 5.95. The van der Waals surface area contributed by atoms with E-state index in [0.29, 0.717) is 12.0 Å². The quantitative estimate of drug-likeness (QED) is 0.721. The summed E-state index contributed by atoms with van der Waals surface area (Å²) in [5.41, 5.74) is 1.20. The van der Waals surface area contributed by atoms with E-state index in [9.17, 15) is 23.2 Å². The lowest BCUT2D eigenvalue weighted by molar-refractivity contribution is -0.133. The van der Waals surface area contributed by atoms with Crippen molar-refractivity contribution in [2.24, 2.45) is 5.92 Å². The minimum Gasteiger partial charge on any atom is -0.465 e. The van der Waals surface area contributed by atoms with Crippen LogP contribution in [-0.4, -0.2) is 47.3 Å². The number of carboxylic acid groups (broad SMARTS) is 1. The Hall–Kier alpha value is -3.49. The van der Waals surface area contributed by atoms with Gasteiger partial charge in [-0.25, -0.2) is 23.3 Å². The number of hydrogen-bond acceptors (Lipinski definition) is 4. The fourth-order valence-corrected chi connectivity index (χ4v) is 3.37. The Morgan fingerprint density at radius 1 is 1.13 bits per heavy atom. The number of imide groups is 1. The molecular formula is C21H20F2N2O5. The van der Waals surface area contributed by atoms with Gasteiger partial charge in [0.1, 0.15) is 6.61 Å². The molecule has 0 radical (unpaired) electrons. The molecule has 0 bridgehead atoms. The second kappa shape index (κ2) is 9.34. The van der Waals surface area contributed by atoms with Crippen molar-refractivity contribution in [1.82, 2.24) is 10.2 Å². The molecule has 0 saturated carbocycles. The molecule has 3 rings (SSSR count). The molecule has 1 fully saturated rings. The van der Waals surface area contributed by atoms with Crippen LogP contribution in [0.1, 0.15) is 11.1 Å². The maximum absolute atomic E-state index is 13.6. The van der Waals surface area contributed by atoms with E-state index in [4.69, 9.17) is 9.84 Å². The van der Waals surface area contributed by atoms with Crippen LogP contribution in [0.5, 0.6) is 0 Å². The molecule has 7 nitrogen and oxygen atoms in total. The third-order valence-electron chi connectivity index (χ3n) is 4.83. The van der Waals surface area contributed by atoms with Gasteiger partial charge in [0.25, 0.3) is 0 Å². The molecule has 3 amide bonds. The Bertz CT molecular complexity index is 938. The predicted molar refractivity (Wildman–Crippen MR) is 102 cm³/mol. The molecule has 9 heteroatoms. The number of hydrogen-bond donors (Lipinski definition) is 2. The molecule has 2 atom stereocenters. The van der Waals surface area contributed by atoms with Crippen LogP contribution in [0.25, 0.3) is 0 Å². The first-order chi connectivity index (χ1) is 14.3. The maximum Gasteiger partial charge on any atom is 0.416 e. The van der Waals surface area contributed by atoms with Crippen molar-refractivity contribution in [2.45, 2.75) is 18.9 Å². The van der Waals surface area contributed by atoms with E-state index in [0.717, 1.165) is 22.6 Å². The predicted octanol–water partition coefficient (Wildman–Crippen LogP) is 2.98. The minimum atomic E-state index is -1.34. The van der Waals surface area contributed by atoms with Crippen LogP contribution >= 0.6 is 0 Å². The molecular weight excluding hydrogens is 398 g/mol. The highest BCUT2D eigenvalue weighted by Gasteiger charge is 2.40. The van der Waals surface area contributed by atoms with Crippen molar-refractivity contribution in [1.29, 1.82) is 0 Å². The van der Waals surface area contributed by atoms with E-state index in [1.807, 2.05) is 30.3 Å². The summed E-state index contributed by atoms with van der Waals surface area (Å²) in [4.78, 5) is 37.3. The molecule has 1 aliphatic rings. The van der Waals surface area contributed by atoms with Crippen molar-refractivity contribution in [3.63, 3.8) is 0 Å². The topological polar surface area (TPSA) is 95.9 Å². The van der Waals surface area contributed by atoms with Crippen molar-refractivity contribution in [2.75, 3.05) is 13.2 Å². The minimum absolute atomic E-state index is 0.0176. The molecule has 2 N–H and O–H groups in total. The van der Waals surface area contributed by atoms with Crippen molar-refractivity contribution in [3.05, 3.63) is 71.3 Å². The molecule has 30 heavy (non-hydrogen) atoms. The van der Waals surface area contributed by atoms with E-state index >= 15 is 0 Å². The Balaban J connectivity index is 1.81. The smallest absolute Gasteiger partial charge is 0.416 e. The molecule has 0 unspecified atom stereocenters. The molecule has 1 saturated heterocycles. The molecule has 158 valence electrons. The van der Waals surface area contributed by atoms with Gasteiger partial charge < -0.3 is 15.2 Å². The lowest BCUT2D eigenvalue weighted by Crippen LogP contribution is -2.47. The van der Waals surface area contributed by atoms with Gasteiger partial charge in [-0.3, -0.25) is 4.79 Å². The van der Waals surface area contributed by atoms with Gasteiger partial charge in [0, 0.05) is 6.54 Å². The van der Waals surface area contributed by atoms with Gasteiger partial charge in [-0.1, -0.05) is 36.4 Å². The molecule has 2 aromatic carbocycles. The average Bonchev–Trinajstić information content (AvgIpc) is 3.08. The first-order valence-corrected chi connectivity index (χ1v) is 9.29. The fourth-order valence-electron chi connectivity index (χ4n) is 3.37. The number of halogens is 2. The number of nitrogens with one attached hydrogen (secondary N) is 1. The van der Waals surface area contributed by atoms with Gasteiger partial charge in [0.15, 0.2) is 11.6 Å². The Labute approximate surface area is 171 Å². The van der Waals surface area contributed by atoms with Crippen LogP contribution in [0.4, 0.5) is 18.4 Å². The van der Waals surface area contributed by atoms with Crippen LogP contribution in [0.3, 0.4) is 0 Å². The first-order valence-electron chi connectivity index (χ1n) is 9.29. The van der Waals surface area contributed by atoms with E-state index in [-0.39, 0.29) is 19.6 Å². The van der Waals surface area contributed by atoms with E-state index < -0.39 is 41.7 Å². The second-order valence-electron chi connectivity index (χ2n) is 6.96. The van der Waals surface area contributed by atoms with Gasteiger partial charge in [-0.05, 0) is 36.1 Å². The number of rotatable bonds is 7. The molecule has 0 spiro atoms. The number of amides is 3. The van der Waals surface area contributed by atoms with E-state index in [1.54, 1.807) is 0 Å². The average molecular weight is 418 g/mol. The highest BCUT2D eigenvalue weighted by Crippen LogP contribution is 2.22. The number of nitrogens with zero attached hydrogens (tertiary/aromatic N) is 1. The van der Waals surface area contributed by atoms with Crippen LogP contribution in [0.2, 0.25) is 0 Å². The standard InChI is InChI=1S/C21H20F2N2O5/c22-17-7-6-14(10-18(17)23)8-15(11-24-20(27)28)19(26)25-16(12-30-21(25)29)9-13-4-2-1-3-5-13/h1-7,10,15-16,24H,8-9,11-12H2,(H,27,28)/t15-,16+/m0/s1. The van der Waals surface area contributed by atoms with Crippen molar-refractivity contribution < 1.29 is 33.0 Å². The number of benzene rings is 2. The number of carbonyl (C=O) groups is 3. The van der Waals surface area contributed by atoms with Gasteiger partial charge in [-0.2, -0.15) is 0 Å². The molecule has 2 aromatic rings. The van der Waals surface area contributed by atoms with Crippen LogP contribution in [-0.2, 0) is 22.4 Å². The number of cyclic esters (lactones) is 1. The van der Waals surface area contributed by atoms with Crippen molar-refractivity contribution >= 4 is 18.1 Å². The zero-order valence-corrected chi connectivity index (χ0v) is 15.9. The summed E-state index contributed by atoms with van der Waals surface area (Å²) in [5.74, 6) is -3.75. The van der Waals surface area contributed by atoms with E-state index in [2.05, 4.69) is 5.32 Å². The monoisotopic (exact) mass is 418 g/mol. The number of carbonyl (C=O) groups excluding carboxylic acids is 2. The van der Waals surface area contributed by atoms with Crippen LogP contribution < -0.4 is 5.32 Å². The largest absolute Gasteiger partial charge is 0.465 e. The summed E-state index contributed by atoms with van der Waals surface area (Å²) >= 11 is 0. The third kappa shape index (κ3) is 5.11. The normalized spacial score (nSPS) is 16.8. The van der Waals surface area contributed by atoms with Gasteiger partial charge in [0.05, 0.1) is 12.0 Å². The molecule has 0 aliphatic carbocycles. The molecule has 1 aliphatic heterocycles. The Morgan fingerprint density at radius 3 is 2.53 bits per heavy atom. The van der Waals surface area contributed by atoms with Crippen LogP contribution in [0.15, 0.2) is 48.5 Å². The molecule has 0 aromatic heterocycles. The lowest BCUT2D eigenvalue weighted by Gasteiger charge is -2.25. The van der Waals surface area contributed by atoms with Crippen LogP contribution in [0, 0.1) is 17.6 Å². The lowest BCUT2D eigenvalue weighted by atomic mass is 9.96. The maximum atomic E-state index is 13.6. The summed E-state index contributed by atoms with van der Waals surface area (Å²) in [7, 11) is 0. The summed E-state index contributed by atoms with van der Waals surface area (Å²) in [5, 5.41) is 11.0.